The number of rotatable bonds is 5. The van der Waals surface area contributed by atoms with Crippen molar-refractivity contribution >= 4 is 15.9 Å². The van der Waals surface area contributed by atoms with Crippen LogP contribution in [0.4, 0.5) is 0 Å². The topological polar surface area (TPSA) is 9.23 Å². The van der Waals surface area contributed by atoms with Crippen molar-refractivity contribution < 1.29 is 4.74 Å². The predicted octanol–water partition coefficient (Wildman–Crippen LogP) is 4.02. The molecule has 0 N–H and O–H groups in total. The summed E-state index contributed by atoms with van der Waals surface area (Å²) in [6.45, 7) is 3.01. The van der Waals surface area contributed by atoms with Gasteiger partial charge in [0, 0.05) is 0 Å². The van der Waals surface area contributed by atoms with E-state index in [-0.39, 0.29) is 0 Å². The number of para-hydroxylation sites is 1. The van der Waals surface area contributed by atoms with Crippen molar-refractivity contribution in [3.8, 4) is 5.75 Å². The maximum atomic E-state index is 5.59. The fourth-order valence-corrected chi connectivity index (χ4v) is 1.50. The van der Waals surface area contributed by atoms with E-state index in [1.807, 2.05) is 24.3 Å². The summed E-state index contributed by atoms with van der Waals surface area (Å²) in [6, 6.07) is 7.95. The highest BCUT2D eigenvalue weighted by atomic mass is 79.9. The second-order valence-corrected chi connectivity index (χ2v) is 3.84. The molecule has 0 aliphatic carbocycles. The lowest BCUT2D eigenvalue weighted by atomic mass is 10.3. The molecule has 0 aliphatic heterocycles. The van der Waals surface area contributed by atoms with Crippen LogP contribution in [-0.4, -0.2) is 6.61 Å². The summed E-state index contributed by atoms with van der Waals surface area (Å²) in [6.07, 6.45) is 3.61. The summed E-state index contributed by atoms with van der Waals surface area (Å²) in [4.78, 5) is 0. The molecule has 1 aromatic rings. The van der Waals surface area contributed by atoms with Crippen LogP contribution in [0.1, 0.15) is 26.2 Å². The van der Waals surface area contributed by atoms with Gasteiger partial charge < -0.3 is 4.74 Å². The van der Waals surface area contributed by atoms with Crippen molar-refractivity contribution in [3.63, 3.8) is 0 Å². The molecule has 1 rings (SSSR count). The molecule has 13 heavy (non-hydrogen) atoms. The molecular weight excluding hydrogens is 228 g/mol. The molecule has 0 saturated carbocycles. The minimum atomic E-state index is 0.816. The van der Waals surface area contributed by atoms with Gasteiger partial charge in [-0.3, -0.25) is 0 Å². The van der Waals surface area contributed by atoms with Crippen molar-refractivity contribution in [3.05, 3.63) is 28.7 Å². The minimum absolute atomic E-state index is 0.816. The van der Waals surface area contributed by atoms with Crippen LogP contribution in [0.3, 0.4) is 0 Å². The highest BCUT2D eigenvalue weighted by molar-refractivity contribution is 9.10. The summed E-state index contributed by atoms with van der Waals surface area (Å²) in [7, 11) is 0. The van der Waals surface area contributed by atoms with Crippen molar-refractivity contribution in [2.75, 3.05) is 6.61 Å². The monoisotopic (exact) mass is 242 g/mol. The molecule has 0 aliphatic rings. The minimum Gasteiger partial charge on any atom is -0.492 e. The highest BCUT2D eigenvalue weighted by Gasteiger charge is 1.97. The Morgan fingerprint density at radius 1 is 1.23 bits per heavy atom. The van der Waals surface area contributed by atoms with Crippen molar-refractivity contribution in [2.24, 2.45) is 0 Å². The maximum absolute atomic E-state index is 5.59. The van der Waals surface area contributed by atoms with Gasteiger partial charge in [0.25, 0.3) is 0 Å². The molecule has 0 saturated heterocycles. The maximum Gasteiger partial charge on any atom is 0.133 e. The third-order valence-electron chi connectivity index (χ3n) is 1.84. The van der Waals surface area contributed by atoms with E-state index in [0.717, 1.165) is 23.2 Å². The van der Waals surface area contributed by atoms with Crippen LogP contribution in [0.25, 0.3) is 0 Å². The van der Waals surface area contributed by atoms with Gasteiger partial charge in [-0.05, 0) is 34.5 Å². The predicted molar refractivity (Wildman–Crippen MR) is 59.2 cm³/mol. The zero-order valence-corrected chi connectivity index (χ0v) is 9.51. The van der Waals surface area contributed by atoms with E-state index < -0.39 is 0 Å². The molecular formula is C11H15BrO. The van der Waals surface area contributed by atoms with Crippen LogP contribution >= 0.6 is 15.9 Å². The van der Waals surface area contributed by atoms with Crippen LogP contribution < -0.4 is 4.74 Å². The van der Waals surface area contributed by atoms with E-state index in [4.69, 9.17) is 4.74 Å². The third kappa shape index (κ3) is 3.81. The molecule has 1 nitrogen and oxygen atoms in total. The first-order valence-corrected chi connectivity index (χ1v) is 5.51. The summed E-state index contributed by atoms with van der Waals surface area (Å²) in [5.41, 5.74) is 0. The van der Waals surface area contributed by atoms with Gasteiger partial charge in [0.05, 0.1) is 11.1 Å². The Balaban J connectivity index is 2.32. The molecule has 0 unspecified atom stereocenters. The quantitative estimate of drug-likeness (QED) is 0.710. The Bertz CT molecular complexity index is 248. The van der Waals surface area contributed by atoms with Gasteiger partial charge in [-0.15, -0.1) is 0 Å². The van der Waals surface area contributed by atoms with Gasteiger partial charge in [0.15, 0.2) is 0 Å². The van der Waals surface area contributed by atoms with Gasteiger partial charge in [0.1, 0.15) is 5.75 Å². The number of unbranched alkanes of at least 4 members (excludes halogenated alkanes) is 2. The lowest BCUT2D eigenvalue weighted by molar-refractivity contribution is 0.304. The zero-order valence-electron chi connectivity index (χ0n) is 7.92. The van der Waals surface area contributed by atoms with E-state index in [9.17, 15) is 0 Å². The average molecular weight is 243 g/mol. The van der Waals surface area contributed by atoms with E-state index in [1.165, 1.54) is 12.8 Å². The number of ether oxygens (including phenoxy) is 1. The normalized spacial score (nSPS) is 10.0. The third-order valence-corrected chi connectivity index (χ3v) is 2.50. The Morgan fingerprint density at radius 2 is 2.00 bits per heavy atom. The standard InChI is InChI=1S/C11H15BrO/c1-2-3-6-9-13-11-8-5-4-7-10(11)12/h4-5,7-8H,2-3,6,9H2,1H3. The first-order chi connectivity index (χ1) is 6.34. The Hall–Kier alpha value is -0.500. The molecule has 0 bridgehead atoms. The van der Waals surface area contributed by atoms with Gasteiger partial charge >= 0.3 is 0 Å². The van der Waals surface area contributed by atoms with Gasteiger partial charge in [-0.2, -0.15) is 0 Å². The molecule has 2 heteroatoms. The number of hydrogen-bond acceptors (Lipinski definition) is 1. The lowest BCUT2D eigenvalue weighted by Gasteiger charge is -2.06. The first-order valence-electron chi connectivity index (χ1n) is 4.72. The van der Waals surface area contributed by atoms with Crippen LogP contribution in [0.5, 0.6) is 5.75 Å². The van der Waals surface area contributed by atoms with Gasteiger partial charge in [-0.25, -0.2) is 0 Å². The Morgan fingerprint density at radius 3 is 2.69 bits per heavy atom. The van der Waals surface area contributed by atoms with Crippen LogP contribution in [0.15, 0.2) is 28.7 Å². The molecule has 1 aromatic carbocycles. The second-order valence-electron chi connectivity index (χ2n) is 2.99. The summed E-state index contributed by atoms with van der Waals surface area (Å²) < 4.78 is 6.63. The lowest BCUT2D eigenvalue weighted by Crippen LogP contribution is -1.97. The van der Waals surface area contributed by atoms with Gasteiger partial charge in [0.2, 0.25) is 0 Å². The number of hydrogen-bond donors (Lipinski definition) is 0. The highest BCUT2D eigenvalue weighted by Crippen LogP contribution is 2.23. The molecule has 0 spiro atoms. The van der Waals surface area contributed by atoms with E-state index in [1.54, 1.807) is 0 Å². The largest absolute Gasteiger partial charge is 0.492 e. The van der Waals surface area contributed by atoms with Crippen molar-refractivity contribution in [2.45, 2.75) is 26.2 Å². The van der Waals surface area contributed by atoms with Crippen LogP contribution in [0.2, 0.25) is 0 Å². The summed E-state index contributed by atoms with van der Waals surface area (Å²) in [5, 5.41) is 0. The summed E-state index contributed by atoms with van der Waals surface area (Å²) >= 11 is 3.44. The summed E-state index contributed by atoms with van der Waals surface area (Å²) in [5.74, 6) is 0.943. The number of halogens is 1. The Kier molecular flexibility index (Phi) is 4.91. The Labute approximate surface area is 88.2 Å². The van der Waals surface area contributed by atoms with Crippen LogP contribution in [-0.2, 0) is 0 Å². The first kappa shape index (κ1) is 10.6. The van der Waals surface area contributed by atoms with Crippen molar-refractivity contribution in [1.29, 1.82) is 0 Å². The molecule has 0 atom stereocenters. The van der Waals surface area contributed by atoms with E-state index >= 15 is 0 Å². The van der Waals surface area contributed by atoms with Crippen molar-refractivity contribution in [1.82, 2.24) is 0 Å². The molecule has 0 heterocycles. The number of benzene rings is 1. The average Bonchev–Trinajstić information content (AvgIpc) is 2.15. The zero-order chi connectivity index (χ0) is 9.52. The molecule has 0 aromatic heterocycles. The second kappa shape index (κ2) is 6.03. The van der Waals surface area contributed by atoms with Gasteiger partial charge in [-0.1, -0.05) is 31.9 Å². The van der Waals surface area contributed by atoms with E-state index in [2.05, 4.69) is 22.9 Å². The molecule has 72 valence electrons. The molecule has 0 amide bonds. The smallest absolute Gasteiger partial charge is 0.133 e. The van der Waals surface area contributed by atoms with E-state index in [0.29, 0.717) is 0 Å². The van der Waals surface area contributed by atoms with Crippen LogP contribution in [0, 0.1) is 0 Å². The fraction of sp³-hybridized carbons (Fsp3) is 0.455. The fourth-order valence-electron chi connectivity index (χ4n) is 1.10. The SMILES string of the molecule is CCCCCOc1ccccc1Br. The molecule has 0 fully saturated rings. The molecule has 0 radical (unpaired) electrons.